The van der Waals surface area contributed by atoms with Crippen molar-refractivity contribution in [2.75, 3.05) is 20.2 Å². The first-order valence-electron chi connectivity index (χ1n) is 9.50. The molecule has 0 amide bonds. The van der Waals surface area contributed by atoms with Gasteiger partial charge in [0, 0.05) is 32.1 Å². The molecule has 158 valence electrons. The summed E-state index contributed by atoms with van der Waals surface area (Å²) in [4.78, 5) is 24.1. The lowest BCUT2D eigenvalue weighted by Gasteiger charge is -2.31. The number of aromatic nitrogens is 3. The van der Waals surface area contributed by atoms with E-state index in [1.165, 1.54) is 40.4 Å². The Hall–Kier alpha value is -2.46. The van der Waals surface area contributed by atoms with Crippen molar-refractivity contribution in [3.63, 3.8) is 0 Å². The third kappa shape index (κ3) is 3.99. The van der Waals surface area contributed by atoms with E-state index in [4.69, 9.17) is 0 Å². The van der Waals surface area contributed by atoms with Crippen LogP contribution in [0.2, 0.25) is 0 Å². The van der Waals surface area contributed by atoms with Crippen molar-refractivity contribution in [2.45, 2.75) is 43.5 Å². The lowest BCUT2D eigenvalue weighted by Crippen LogP contribution is -2.40. The molecule has 0 N–H and O–H groups in total. The Labute approximate surface area is 169 Å². The number of hydrogen-bond acceptors (Lipinski definition) is 6. The molecule has 2 heterocycles. The van der Waals surface area contributed by atoms with E-state index < -0.39 is 16.0 Å². The van der Waals surface area contributed by atoms with Crippen LogP contribution in [0, 0.1) is 0 Å². The Morgan fingerprint density at radius 3 is 2.48 bits per heavy atom. The average molecular weight is 423 g/mol. The van der Waals surface area contributed by atoms with Gasteiger partial charge in [-0.3, -0.25) is 4.57 Å². The van der Waals surface area contributed by atoms with Crippen LogP contribution in [0.15, 0.2) is 34.0 Å². The van der Waals surface area contributed by atoms with E-state index in [9.17, 15) is 18.0 Å². The third-order valence-electron chi connectivity index (χ3n) is 5.16. The summed E-state index contributed by atoms with van der Waals surface area (Å²) < 4.78 is 35.2. The topological polar surface area (TPSA) is 104 Å². The highest BCUT2D eigenvalue weighted by Gasteiger charge is 2.34. The zero-order chi connectivity index (χ0) is 21.3. The van der Waals surface area contributed by atoms with Crippen LogP contribution in [0.5, 0.6) is 0 Å². The molecular formula is C19H26N4O5S. The molecule has 29 heavy (non-hydrogen) atoms. The monoisotopic (exact) mass is 422 g/mol. The number of aryl methyl sites for hydroxylation is 1. The molecule has 2 aromatic rings. The predicted octanol–water partition coefficient (Wildman–Crippen LogP) is 1.52. The number of methoxy groups -OCH3 is 1. The van der Waals surface area contributed by atoms with Gasteiger partial charge in [-0.2, -0.15) is 9.40 Å². The molecule has 1 atom stereocenters. The first-order valence-corrected chi connectivity index (χ1v) is 10.9. The summed E-state index contributed by atoms with van der Waals surface area (Å²) in [7, 11) is -0.854. The fourth-order valence-electron chi connectivity index (χ4n) is 3.66. The molecule has 1 saturated heterocycles. The van der Waals surface area contributed by atoms with Crippen molar-refractivity contribution in [1.82, 2.24) is 18.7 Å². The smallest absolute Gasteiger partial charge is 0.345 e. The molecule has 1 aromatic carbocycles. The molecule has 1 fully saturated rings. The summed E-state index contributed by atoms with van der Waals surface area (Å²) >= 11 is 0. The fourth-order valence-corrected chi connectivity index (χ4v) is 5.19. The minimum absolute atomic E-state index is 0.0657. The molecule has 1 unspecified atom stereocenters. The SMILES string of the molecule is COC(=O)c1ccc(S(=O)(=O)N2CCCC(c3nn(C)c(=O)n3C(C)C)C2)cc1. The summed E-state index contributed by atoms with van der Waals surface area (Å²) in [5.41, 5.74) is 0.0887. The van der Waals surface area contributed by atoms with Crippen LogP contribution in [-0.2, 0) is 21.8 Å². The van der Waals surface area contributed by atoms with E-state index in [0.717, 1.165) is 6.42 Å². The first-order chi connectivity index (χ1) is 13.7. The summed E-state index contributed by atoms with van der Waals surface area (Å²) in [6.45, 7) is 4.47. The zero-order valence-corrected chi connectivity index (χ0v) is 17.8. The maximum atomic E-state index is 13.1. The summed E-state index contributed by atoms with van der Waals surface area (Å²) in [6, 6.07) is 5.64. The number of carbonyl (C=O) groups is 1. The molecule has 10 heteroatoms. The second-order valence-electron chi connectivity index (χ2n) is 7.45. The van der Waals surface area contributed by atoms with Gasteiger partial charge in [0.2, 0.25) is 10.0 Å². The number of rotatable bonds is 5. The molecular weight excluding hydrogens is 396 g/mol. The van der Waals surface area contributed by atoms with Gasteiger partial charge in [0.25, 0.3) is 0 Å². The first kappa shape index (κ1) is 21.3. The quantitative estimate of drug-likeness (QED) is 0.677. The van der Waals surface area contributed by atoms with Gasteiger partial charge in [0.1, 0.15) is 5.82 Å². The third-order valence-corrected chi connectivity index (χ3v) is 7.04. The van der Waals surface area contributed by atoms with Crippen LogP contribution < -0.4 is 5.69 Å². The van der Waals surface area contributed by atoms with Gasteiger partial charge in [-0.1, -0.05) is 0 Å². The number of nitrogens with zero attached hydrogens (tertiary/aromatic N) is 4. The Kier molecular flexibility index (Phi) is 5.95. The molecule has 1 aromatic heterocycles. The van der Waals surface area contributed by atoms with E-state index in [-0.39, 0.29) is 34.7 Å². The van der Waals surface area contributed by atoms with E-state index >= 15 is 0 Å². The Bertz CT molecular complexity index is 1050. The summed E-state index contributed by atoms with van der Waals surface area (Å²) in [5, 5.41) is 4.38. The highest BCUT2D eigenvalue weighted by Crippen LogP contribution is 2.30. The average Bonchev–Trinajstić information content (AvgIpc) is 3.02. The van der Waals surface area contributed by atoms with Gasteiger partial charge >= 0.3 is 11.7 Å². The Morgan fingerprint density at radius 1 is 1.24 bits per heavy atom. The molecule has 0 saturated carbocycles. The van der Waals surface area contributed by atoms with Crippen molar-refractivity contribution in [2.24, 2.45) is 7.05 Å². The van der Waals surface area contributed by atoms with Crippen molar-refractivity contribution >= 4 is 16.0 Å². The molecule has 0 bridgehead atoms. The number of benzene rings is 1. The molecule has 0 spiro atoms. The van der Waals surface area contributed by atoms with Crippen molar-refractivity contribution in [3.8, 4) is 0 Å². The van der Waals surface area contributed by atoms with Crippen molar-refractivity contribution in [1.29, 1.82) is 0 Å². The fraction of sp³-hybridized carbons (Fsp3) is 0.526. The number of esters is 1. The molecule has 0 aliphatic carbocycles. The largest absolute Gasteiger partial charge is 0.465 e. The number of carbonyl (C=O) groups excluding carboxylic acids is 1. The molecule has 9 nitrogen and oxygen atoms in total. The lowest BCUT2D eigenvalue weighted by atomic mass is 9.98. The van der Waals surface area contributed by atoms with Gasteiger partial charge in [-0.25, -0.2) is 22.7 Å². The van der Waals surface area contributed by atoms with Gasteiger partial charge in [0.15, 0.2) is 0 Å². The van der Waals surface area contributed by atoms with Gasteiger partial charge < -0.3 is 4.74 Å². The normalized spacial score (nSPS) is 18.2. The summed E-state index contributed by atoms with van der Waals surface area (Å²) in [6.07, 6.45) is 1.43. The van der Waals surface area contributed by atoms with Gasteiger partial charge in [0.05, 0.1) is 17.6 Å². The molecule has 1 aliphatic heterocycles. The number of hydrogen-bond donors (Lipinski definition) is 0. The highest BCUT2D eigenvalue weighted by atomic mass is 32.2. The van der Waals surface area contributed by atoms with Crippen molar-refractivity contribution in [3.05, 3.63) is 46.1 Å². The van der Waals surface area contributed by atoms with E-state index in [0.29, 0.717) is 18.8 Å². The molecule has 3 rings (SSSR count). The van der Waals surface area contributed by atoms with E-state index in [2.05, 4.69) is 9.84 Å². The number of ether oxygens (including phenoxy) is 1. The summed E-state index contributed by atoms with van der Waals surface area (Å²) in [5.74, 6) is -0.0635. The number of sulfonamides is 1. The lowest BCUT2D eigenvalue weighted by molar-refractivity contribution is 0.0600. The standard InChI is InChI=1S/C19H26N4O5S/c1-13(2)23-17(20-21(3)19(23)25)15-6-5-11-22(12-15)29(26,27)16-9-7-14(8-10-16)18(24)28-4/h7-10,13,15H,5-6,11-12H2,1-4H3. The molecule has 1 aliphatic rings. The van der Waals surface area contributed by atoms with Crippen LogP contribution >= 0.6 is 0 Å². The van der Waals surface area contributed by atoms with E-state index in [1.54, 1.807) is 11.6 Å². The van der Waals surface area contributed by atoms with Crippen LogP contribution in [0.4, 0.5) is 0 Å². The minimum Gasteiger partial charge on any atom is -0.465 e. The number of piperidine rings is 1. The maximum absolute atomic E-state index is 13.1. The maximum Gasteiger partial charge on any atom is 0.345 e. The predicted molar refractivity (Wildman–Crippen MR) is 106 cm³/mol. The Balaban J connectivity index is 1.88. The van der Waals surface area contributed by atoms with Crippen LogP contribution in [0.1, 0.15) is 54.8 Å². The Morgan fingerprint density at radius 2 is 1.90 bits per heavy atom. The second-order valence-corrected chi connectivity index (χ2v) is 9.38. The van der Waals surface area contributed by atoms with Crippen LogP contribution in [0.25, 0.3) is 0 Å². The zero-order valence-electron chi connectivity index (χ0n) is 17.0. The van der Waals surface area contributed by atoms with Gasteiger partial charge in [-0.05, 0) is 51.0 Å². The highest BCUT2D eigenvalue weighted by molar-refractivity contribution is 7.89. The van der Waals surface area contributed by atoms with Crippen molar-refractivity contribution < 1.29 is 17.9 Å². The van der Waals surface area contributed by atoms with Crippen LogP contribution in [0.3, 0.4) is 0 Å². The minimum atomic E-state index is -3.73. The van der Waals surface area contributed by atoms with Gasteiger partial charge in [-0.15, -0.1) is 0 Å². The van der Waals surface area contributed by atoms with Crippen LogP contribution in [-0.4, -0.2) is 53.2 Å². The second kappa shape index (κ2) is 8.11. The molecule has 0 radical (unpaired) electrons. The van der Waals surface area contributed by atoms with E-state index in [1.807, 2.05) is 13.8 Å².